The van der Waals surface area contributed by atoms with E-state index in [0.29, 0.717) is 4.90 Å². The van der Waals surface area contributed by atoms with Gasteiger partial charge in [-0.1, -0.05) is 30.0 Å². The highest BCUT2D eigenvalue weighted by atomic mass is 32.2. The molecule has 0 aliphatic rings. The molecule has 0 spiro atoms. The third kappa shape index (κ3) is 3.11. The number of nitrogens with zero attached hydrogens (tertiary/aromatic N) is 1. The average Bonchev–Trinajstić information content (AvgIpc) is 2.39. The highest BCUT2D eigenvalue weighted by molar-refractivity contribution is 7.99. The number of benzene rings is 2. The van der Waals surface area contributed by atoms with Crippen molar-refractivity contribution in [2.24, 2.45) is 5.73 Å². The van der Waals surface area contributed by atoms with Crippen molar-refractivity contribution in [1.29, 1.82) is 0 Å². The molecule has 0 bridgehead atoms. The Kier molecular flexibility index (Phi) is 3.82. The number of carbonyl (C=O) groups is 1. The van der Waals surface area contributed by atoms with E-state index in [1.54, 1.807) is 0 Å². The number of nitrogens with two attached hydrogens (primary N) is 1. The van der Waals surface area contributed by atoms with Crippen LogP contribution < -0.4 is 5.73 Å². The minimum absolute atomic E-state index is 0.120. The fourth-order valence-corrected chi connectivity index (χ4v) is 2.44. The maximum atomic E-state index is 11.0. The Balaban J connectivity index is 2.40. The van der Waals surface area contributed by atoms with Crippen LogP contribution in [0, 0.1) is 10.1 Å². The topological polar surface area (TPSA) is 86.2 Å². The number of hydrogen-bond acceptors (Lipinski definition) is 4. The summed E-state index contributed by atoms with van der Waals surface area (Å²) in [6, 6.07) is 13.5. The van der Waals surface area contributed by atoms with Crippen LogP contribution in [-0.2, 0) is 0 Å². The highest BCUT2D eigenvalue weighted by Crippen LogP contribution is 2.35. The van der Waals surface area contributed by atoms with Crippen LogP contribution in [0.25, 0.3) is 0 Å². The van der Waals surface area contributed by atoms with Crippen LogP contribution in [0.1, 0.15) is 10.4 Å². The van der Waals surface area contributed by atoms with Gasteiger partial charge in [-0.3, -0.25) is 14.9 Å². The van der Waals surface area contributed by atoms with Gasteiger partial charge in [-0.05, 0) is 24.3 Å². The molecular weight excluding hydrogens is 264 g/mol. The number of amides is 1. The van der Waals surface area contributed by atoms with Crippen molar-refractivity contribution in [1.82, 2.24) is 0 Å². The van der Waals surface area contributed by atoms with Crippen molar-refractivity contribution >= 4 is 23.4 Å². The van der Waals surface area contributed by atoms with Crippen molar-refractivity contribution in [3.05, 3.63) is 64.2 Å². The summed E-state index contributed by atoms with van der Waals surface area (Å²) in [7, 11) is 0. The van der Waals surface area contributed by atoms with Gasteiger partial charge in [0.15, 0.2) is 0 Å². The lowest BCUT2D eigenvalue weighted by Gasteiger charge is -2.04. The second-order valence-electron chi connectivity index (χ2n) is 3.72. The minimum Gasteiger partial charge on any atom is -0.366 e. The molecule has 0 fully saturated rings. The third-order valence-electron chi connectivity index (χ3n) is 2.41. The van der Waals surface area contributed by atoms with E-state index in [-0.39, 0.29) is 11.3 Å². The third-order valence-corrected chi connectivity index (χ3v) is 3.48. The summed E-state index contributed by atoms with van der Waals surface area (Å²) >= 11 is 1.27. The van der Waals surface area contributed by atoms with Crippen LogP contribution >= 0.6 is 11.8 Å². The summed E-state index contributed by atoms with van der Waals surface area (Å²) in [4.78, 5) is 22.9. The van der Waals surface area contributed by atoms with Gasteiger partial charge < -0.3 is 5.73 Å². The van der Waals surface area contributed by atoms with Gasteiger partial charge in [0.25, 0.3) is 5.69 Å². The Labute approximate surface area is 113 Å². The molecule has 5 nitrogen and oxygen atoms in total. The molecule has 6 heteroatoms. The number of nitro groups is 1. The molecule has 2 rings (SSSR count). The van der Waals surface area contributed by atoms with Crippen molar-refractivity contribution < 1.29 is 9.72 Å². The first-order chi connectivity index (χ1) is 9.08. The van der Waals surface area contributed by atoms with Crippen molar-refractivity contribution in [3.8, 4) is 0 Å². The zero-order valence-corrected chi connectivity index (χ0v) is 10.6. The van der Waals surface area contributed by atoms with Gasteiger partial charge in [0.2, 0.25) is 5.91 Å². The van der Waals surface area contributed by atoms with E-state index in [9.17, 15) is 14.9 Å². The van der Waals surface area contributed by atoms with Gasteiger partial charge in [-0.2, -0.15) is 0 Å². The van der Waals surface area contributed by atoms with Crippen LogP contribution in [0.2, 0.25) is 0 Å². The van der Waals surface area contributed by atoms with Gasteiger partial charge in [0.05, 0.1) is 9.82 Å². The molecule has 2 aromatic carbocycles. The molecule has 0 saturated carbocycles. The first kappa shape index (κ1) is 13.1. The molecule has 0 saturated heterocycles. The monoisotopic (exact) mass is 274 g/mol. The van der Waals surface area contributed by atoms with E-state index in [4.69, 9.17) is 5.73 Å². The Morgan fingerprint density at radius 2 is 1.84 bits per heavy atom. The van der Waals surface area contributed by atoms with E-state index in [1.165, 1.54) is 30.0 Å². The SMILES string of the molecule is NC(=O)c1ccc(Sc2ccccc2)c([N+](=O)[O-])c1. The normalized spacial score (nSPS) is 10.1. The fraction of sp³-hybridized carbons (Fsp3) is 0. The predicted octanol–water partition coefficient (Wildman–Crippen LogP) is 2.84. The maximum Gasteiger partial charge on any atom is 0.284 e. The van der Waals surface area contributed by atoms with E-state index < -0.39 is 10.8 Å². The van der Waals surface area contributed by atoms with Crippen LogP contribution in [-0.4, -0.2) is 10.8 Å². The van der Waals surface area contributed by atoms with Gasteiger partial charge in [-0.15, -0.1) is 0 Å². The number of nitro benzene ring substituents is 1. The van der Waals surface area contributed by atoms with Crippen LogP contribution in [0.4, 0.5) is 5.69 Å². The minimum atomic E-state index is -0.681. The number of primary amides is 1. The van der Waals surface area contributed by atoms with Gasteiger partial charge in [0.1, 0.15) is 0 Å². The summed E-state index contributed by atoms with van der Waals surface area (Å²) < 4.78 is 0. The van der Waals surface area contributed by atoms with Crippen LogP contribution in [0.15, 0.2) is 58.3 Å². The summed E-state index contributed by atoms with van der Waals surface area (Å²) in [6.45, 7) is 0. The molecular formula is C13H10N2O3S. The summed E-state index contributed by atoms with van der Waals surface area (Å²) in [5.74, 6) is -0.681. The molecule has 0 heterocycles. The largest absolute Gasteiger partial charge is 0.366 e. The summed E-state index contributed by atoms with van der Waals surface area (Å²) in [6.07, 6.45) is 0. The van der Waals surface area contributed by atoms with Gasteiger partial charge in [0, 0.05) is 16.5 Å². The van der Waals surface area contributed by atoms with E-state index in [2.05, 4.69) is 0 Å². The van der Waals surface area contributed by atoms with Gasteiger partial charge in [-0.25, -0.2) is 0 Å². The molecule has 96 valence electrons. The second kappa shape index (κ2) is 5.53. The quantitative estimate of drug-likeness (QED) is 0.686. The number of hydrogen-bond donors (Lipinski definition) is 1. The lowest BCUT2D eigenvalue weighted by molar-refractivity contribution is -0.387. The highest BCUT2D eigenvalue weighted by Gasteiger charge is 2.17. The zero-order valence-electron chi connectivity index (χ0n) is 9.78. The molecule has 0 unspecified atom stereocenters. The molecule has 0 radical (unpaired) electrons. The number of carbonyl (C=O) groups excluding carboxylic acids is 1. The number of rotatable bonds is 4. The molecule has 19 heavy (non-hydrogen) atoms. The molecule has 0 aliphatic carbocycles. The van der Waals surface area contributed by atoms with Crippen molar-refractivity contribution in [2.45, 2.75) is 9.79 Å². The molecule has 0 aromatic heterocycles. The second-order valence-corrected chi connectivity index (χ2v) is 4.83. The van der Waals surface area contributed by atoms with Crippen molar-refractivity contribution in [3.63, 3.8) is 0 Å². The first-order valence-corrected chi connectivity index (χ1v) is 6.21. The first-order valence-electron chi connectivity index (χ1n) is 5.39. The Bertz CT molecular complexity index is 629. The Morgan fingerprint density at radius 3 is 2.42 bits per heavy atom. The molecule has 2 N–H and O–H groups in total. The van der Waals surface area contributed by atoms with E-state index in [1.807, 2.05) is 30.3 Å². The standard InChI is InChI=1S/C13H10N2O3S/c14-13(16)9-6-7-12(11(8-9)15(17)18)19-10-4-2-1-3-5-10/h1-8H,(H2,14,16). The summed E-state index contributed by atoms with van der Waals surface area (Å²) in [5.41, 5.74) is 5.13. The lowest BCUT2D eigenvalue weighted by Crippen LogP contribution is -2.11. The maximum absolute atomic E-state index is 11.0. The van der Waals surface area contributed by atoms with E-state index in [0.717, 1.165) is 4.90 Å². The Hall–Kier alpha value is -2.34. The van der Waals surface area contributed by atoms with E-state index >= 15 is 0 Å². The molecule has 0 aliphatic heterocycles. The lowest BCUT2D eigenvalue weighted by atomic mass is 10.2. The summed E-state index contributed by atoms with van der Waals surface area (Å²) in [5, 5.41) is 11.0. The van der Waals surface area contributed by atoms with Crippen LogP contribution in [0.5, 0.6) is 0 Å². The molecule has 1 amide bonds. The average molecular weight is 274 g/mol. The van der Waals surface area contributed by atoms with Gasteiger partial charge >= 0.3 is 0 Å². The molecule has 2 aromatic rings. The zero-order chi connectivity index (χ0) is 13.8. The fourth-order valence-electron chi connectivity index (χ4n) is 1.52. The molecule has 0 atom stereocenters. The predicted molar refractivity (Wildman–Crippen MR) is 72.2 cm³/mol. The Morgan fingerprint density at radius 1 is 1.16 bits per heavy atom. The smallest absolute Gasteiger partial charge is 0.284 e. The van der Waals surface area contributed by atoms with Crippen LogP contribution in [0.3, 0.4) is 0 Å². The van der Waals surface area contributed by atoms with Crippen molar-refractivity contribution in [2.75, 3.05) is 0 Å².